The molecule has 0 saturated heterocycles. The van der Waals surface area contributed by atoms with Gasteiger partial charge in [-0.3, -0.25) is 0 Å². The van der Waals surface area contributed by atoms with Crippen molar-refractivity contribution >= 4 is 15.7 Å². The van der Waals surface area contributed by atoms with Gasteiger partial charge >= 0.3 is 0 Å². The predicted molar refractivity (Wildman–Crippen MR) is 59.5 cm³/mol. The zero-order chi connectivity index (χ0) is 10.9. The molecule has 2 rings (SSSR count). The van der Waals surface area contributed by atoms with Crippen LogP contribution >= 0.6 is 0 Å². The SMILES string of the molecule is CCN1CCNS(=O)(=O)c2ccccc21. The number of likely N-dealkylation sites (N-methyl/N-ethyl adjacent to an activating group) is 1. The molecular formula is C10H14N2O2S. The van der Waals surface area contributed by atoms with Crippen molar-refractivity contribution in [3.8, 4) is 0 Å². The second kappa shape index (κ2) is 3.83. The van der Waals surface area contributed by atoms with E-state index in [0.717, 1.165) is 12.2 Å². The van der Waals surface area contributed by atoms with E-state index in [4.69, 9.17) is 0 Å². The fraction of sp³-hybridized carbons (Fsp3) is 0.400. The second-order valence-corrected chi connectivity index (χ2v) is 5.18. The molecule has 82 valence electrons. The van der Waals surface area contributed by atoms with Gasteiger partial charge in [0.1, 0.15) is 4.90 Å². The summed E-state index contributed by atoms with van der Waals surface area (Å²) in [7, 11) is -3.31. The molecule has 1 aliphatic rings. The van der Waals surface area contributed by atoms with Gasteiger partial charge in [0.25, 0.3) is 0 Å². The Kier molecular flexibility index (Phi) is 2.67. The van der Waals surface area contributed by atoms with Gasteiger partial charge in [-0.05, 0) is 19.1 Å². The summed E-state index contributed by atoms with van der Waals surface area (Å²) in [6.07, 6.45) is 0. The monoisotopic (exact) mass is 226 g/mol. The van der Waals surface area contributed by atoms with E-state index in [0.29, 0.717) is 18.0 Å². The number of rotatable bonds is 1. The average Bonchev–Trinajstić information content (AvgIpc) is 2.36. The molecule has 1 heterocycles. The zero-order valence-corrected chi connectivity index (χ0v) is 9.42. The van der Waals surface area contributed by atoms with Gasteiger partial charge in [-0.15, -0.1) is 0 Å². The summed E-state index contributed by atoms with van der Waals surface area (Å²) in [5.41, 5.74) is 0.796. The molecule has 0 unspecified atom stereocenters. The number of nitrogens with one attached hydrogen (secondary N) is 1. The first-order chi connectivity index (χ1) is 7.15. The van der Waals surface area contributed by atoms with Crippen LogP contribution in [0.5, 0.6) is 0 Å². The first-order valence-corrected chi connectivity index (χ1v) is 6.47. The Bertz CT molecular complexity index is 456. The Morgan fingerprint density at radius 1 is 1.40 bits per heavy atom. The summed E-state index contributed by atoms with van der Waals surface area (Å²) >= 11 is 0. The summed E-state index contributed by atoms with van der Waals surface area (Å²) in [6.45, 7) is 4.01. The lowest BCUT2D eigenvalue weighted by Gasteiger charge is -2.21. The molecular weight excluding hydrogens is 212 g/mol. The van der Waals surface area contributed by atoms with Crippen LogP contribution in [0.2, 0.25) is 0 Å². The van der Waals surface area contributed by atoms with Crippen molar-refractivity contribution in [1.29, 1.82) is 0 Å². The highest BCUT2D eigenvalue weighted by Crippen LogP contribution is 2.26. The third-order valence-electron chi connectivity index (χ3n) is 2.55. The summed E-state index contributed by atoms with van der Waals surface area (Å²) in [5, 5.41) is 0. The third kappa shape index (κ3) is 1.85. The van der Waals surface area contributed by atoms with Crippen LogP contribution in [-0.2, 0) is 10.0 Å². The quantitative estimate of drug-likeness (QED) is 0.770. The van der Waals surface area contributed by atoms with Gasteiger partial charge < -0.3 is 4.90 Å². The summed E-state index contributed by atoms with van der Waals surface area (Å²) in [6, 6.07) is 7.11. The van der Waals surface area contributed by atoms with Crippen LogP contribution < -0.4 is 9.62 Å². The van der Waals surface area contributed by atoms with E-state index < -0.39 is 10.0 Å². The highest BCUT2D eigenvalue weighted by atomic mass is 32.2. The fourth-order valence-corrected chi connectivity index (χ4v) is 3.03. The van der Waals surface area contributed by atoms with Crippen molar-refractivity contribution in [1.82, 2.24) is 4.72 Å². The lowest BCUT2D eigenvalue weighted by molar-refractivity contribution is 0.585. The van der Waals surface area contributed by atoms with Gasteiger partial charge in [-0.1, -0.05) is 12.1 Å². The minimum absolute atomic E-state index is 0.379. The molecule has 0 atom stereocenters. The molecule has 1 aliphatic heterocycles. The number of anilines is 1. The third-order valence-corrected chi connectivity index (χ3v) is 4.06. The van der Waals surface area contributed by atoms with E-state index in [-0.39, 0.29) is 0 Å². The van der Waals surface area contributed by atoms with Crippen molar-refractivity contribution in [3.05, 3.63) is 24.3 Å². The number of fused-ring (bicyclic) bond motifs is 1. The molecule has 4 nitrogen and oxygen atoms in total. The van der Waals surface area contributed by atoms with Crippen molar-refractivity contribution < 1.29 is 8.42 Å². The van der Waals surface area contributed by atoms with E-state index in [2.05, 4.69) is 9.62 Å². The first kappa shape index (κ1) is 10.4. The molecule has 0 saturated carbocycles. The standard InChI is InChI=1S/C10H14N2O2S/c1-2-12-8-7-11-15(13,14)10-6-4-3-5-9(10)12/h3-6,11H,2,7-8H2,1H3. The number of sulfonamides is 1. The topological polar surface area (TPSA) is 49.4 Å². The maximum atomic E-state index is 11.8. The fourth-order valence-electron chi connectivity index (χ4n) is 1.79. The maximum absolute atomic E-state index is 11.8. The smallest absolute Gasteiger partial charge is 0.242 e. The highest BCUT2D eigenvalue weighted by Gasteiger charge is 2.23. The Labute approximate surface area is 90.0 Å². The molecule has 0 bridgehead atoms. The molecule has 1 N–H and O–H groups in total. The van der Waals surface area contributed by atoms with Gasteiger partial charge in [-0.2, -0.15) is 0 Å². The highest BCUT2D eigenvalue weighted by molar-refractivity contribution is 7.89. The number of benzene rings is 1. The van der Waals surface area contributed by atoms with Gasteiger partial charge in [0.2, 0.25) is 10.0 Å². The molecule has 15 heavy (non-hydrogen) atoms. The van der Waals surface area contributed by atoms with Crippen LogP contribution in [0.3, 0.4) is 0 Å². The van der Waals surface area contributed by atoms with Crippen LogP contribution in [-0.4, -0.2) is 28.1 Å². The molecule has 0 aliphatic carbocycles. The molecule has 0 aromatic heterocycles. The normalized spacial score (nSPS) is 19.4. The molecule has 5 heteroatoms. The number of hydrogen-bond acceptors (Lipinski definition) is 3. The van der Waals surface area contributed by atoms with Crippen molar-refractivity contribution in [2.45, 2.75) is 11.8 Å². The van der Waals surface area contributed by atoms with Crippen LogP contribution in [0.1, 0.15) is 6.92 Å². The van der Waals surface area contributed by atoms with E-state index in [9.17, 15) is 8.42 Å². The first-order valence-electron chi connectivity index (χ1n) is 4.99. The minimum Gasteiger partial charge on any atom is -0.369 e. The van der Waals surface area contributed by atoms with Crippen molar-refractivity contribution in [2.24, 2.45) is 0 Å². The number of para-hydroxylation sites is 1. The zero-order valence-electron chi connectivity index (χ0n) is 8.60. The van der Waals surface area contributed by atoms with E-state index in [1.165, 1.54) is 0 Å². The van der Waals surface area contributed by atoms with E-state index >= 15 is 0 Å². The van der Waals surface area contributed by atoms with E-state index in [1.807, 2.05) is 19.1 Å². The average molecular weight is 226 g/mol. The molecule has 0 radical (unpaired) electrons. The second-order valence-electron chi connectivity index (χ2n) is 3.45. The van der Waals surface area contributed by atoms with Crippen LogP contribution in [0.15, 0.2) is 29.2 Å². The Hall–Kier alpha value is -1.07. The summed E-state index contributed by atoms with van der Waals surface area (Å²) in [4.78, 5) is 2.44. The summed E-state index contributed by atoms with van der Waals surface area (Å²) in [5.74, 6) is 0. The number of hydrogen-bond donors (Lipinski definition) is 1. The minimum atomic E-state index is -3.31. The Balaban J connectivity index is 2.60. The van der Waals surface area contributed by atoms with Crippen LogP contribution in [0.4, 0.5) is 5.69 Å². The Morgan fingerprint density at radius 3 is 2.87 bits per heavy atom. The van der Waals surface area contributed by atoms with Crippen molar-refractivity contribution in [2.75, 3.05) is 24.5 Å². The molecule has 0 amide bonds. The molecule has 1 aromatic carbocycles. The van der Waals surface area contributed by atoms with Crippen LogP contribution in [0, 0.1) is 0 Å². The lowest BCUT2D eigenvalue weighted by Crippen LogP contribution is -2.29. The van der Waals surface area contributed by atoms with Gasteiger partial charge in [0, 0.05) is 19.6 Å². The molecule has 1 aromatic rings. The molecule has 0 fully saturated rings. The summed E-state index contributed by atoms with van der Waals surface area (Å²) < 4.78 is 26.2. The van der Waals surface area contributed by atoms with Gasteiger partial charge in [-0.25, -0.2) is 13.1 Å². The largest absolute Gasteiger partial charge is 0.369 e. The maximum Gasteiger partial charge on any atom is 0.242 e. The van der Waals surface area contributed by atoms with Gasteiger partial charge in [0.05, 0.1) is 5.69 Å². The predicted octanol–water partition coefficient (Wildman–Crippen LogP) is 0.805. The van der Waals surface area contributed by atoms with Crippen molar-refractivity contribution in [3.63, 3.8) is 0 Å². The molecule has 0 spiro atoms. The van der Waals surface area contributed by atoms with Gasteiger partial charge in [0.15, 0.2) is 0 Å². The lowest BCUT2D eigenvalue weighted by atomic mass is 10.3. The Morgan fingerprint density at radius 2 is 2.13 bits per heavy atom. The number of nitrogens with zero attached hydrogens (tertiary/aromatic N) is 1. The van der Waals surface area contributed by atoms with Crippen LogP contribution in [0.25, 0.3) is 0 Å². The van der Waals surface area contributed by atoms with E-state index in [1.54, 1.807) is 12.1 Å².